The van der Waals surface area contributed by atoms with Gasteiger partial charge in [-0.3, -0.25) is 4.79 Å². The van der Waals surface area contributed by atoms with Gasteiger partial charge in [-0.25, -0.2) is 0 Å². The molecule has 0 saturated heterocycles. The summed E-state index contributed by atoms with van der Waals surface area (Å²) in [6.07, 6.45) is 1.02. The van der Waals surface area contributed by atoms with Gasteiger partial charge in [0.1, 0.15) is 0 Å². The molecule has 5 N–H and O–H groups in total. The Morgan fingerprint density at radius 1 is 1.44 bits per heavy atom. The van der Waals surface area contributed by atoms with Gasteiger partial charge in [0.25, 0.3) is 0 Å². The van der Waals surface area contributed by atoms with Crippen LogP contribution in [0.3, 0.4) is 0 Å². The molecule has 0 heterocycles. The number of carbonyl (C=O) groups is 1. The fraction of sp³-hybridized carbons (Fsp3) is 0.750. The molecule has 0 aliphatic rings. The standard InChI is InChI=1S/C4H8O2.Ca.2H2O.2H/c1-2-3-4(5)6;;;;;/h2-3H2,1H3,(H,5,6);;2*1H2;;. The summed E-state index contributed by atoms with van der Waals surface area (Å²) in [5.41, 5.74) is 0. The van der Waals surface area contributed by atoms with Gasteiger partial charge in [0.2, 0.25) is 0 Å². The SMILES string of the molecule is CCCC(=O)O.O.O.[CaH2]. The number of hydrogen-bond donors (Lipinski definition) is 1. The van der Waals surface area contributed by atoms with Crippen LogP contribution in [0.4, 0.5) is 0 Å². The van der Waals surface area contributed by atoms with Gasteiger partial charge in [-0.2, -0.15) is 0 Å². The first-order valence-electron chi connectivity index (χ1n) is 1.99. The molecule has 9 heavy (non-hydrogen) atoms. The second-order valence-corrected chi connectivity index (χ2v) is 1.14. The number of carboxylic acids is 1. The topological polar surface area (TPSA) is 100 Å². The maximum atomic E-state index is 9.60. The van der Waals surface area contributed by atoms with Crippen molar-refractivity contribution >= 4 is 43.7 Å². The monoisotopic (exact) mass is 166 g/mol. The van der Waals surface area contributed by atoms with Gasteiger partial charge in [0.05, 0.1) is 0 Å². The van der Waals surface area contributed by atoms with E-state index < -0.39 is 5.97 Å². The van der Waals surface area contributed by atoms with Gasteiger partial charge in [-0.15, -0.1) is 0 Å². The first kappa shape index (κ1) is 22.6. The van der Waals surface area contributed by atoms with Crippen LogP contribution in [0.2, 0.25) is 0 Å². The Bertz CT molecular complexity index is 56.5. The predicted molar refractivity (Wildman–Crippen MR) is 38.3 cm³/mol. The third-order valence-electron chi connectivity index (χ3n) is 0.464. The van der Waals surface area contributed by atoms with Crippen LogP contribution in [0.5, 0.6) is 0 Å². The van der Waals surface area contributed by atoms with Crippen molar-refractivity contribution in [3.63, 3.8) is 0 Å². The minimum atomic E-state index is -0.711. The van der Waals surface area contributed by atoms with E-state index in [1.807, 2.05) is 6.92 Å². The molecule has 0 radical (unpaired) electrons. The molecule has 0 unspecified atom stereocenters. The van der Waals surface area contributed by atoms with E-state index in [0.717, 1.165) is 6.42 Å². The quantitative estimate of drug-likeness (QED) is 0.495. The van der Waals surface area contributed by atoms with Gasteiger partial charge >= 0.3 is 43.7 Å². The average Bonchev–Trinajstić information content (AvgIpc) is 1.35. The van der Waals surface area contributed by atoms with Crippen LogP contribution >= 0.6 is 0 Å². The van der Waals surface area contributed by atoms with Crippen molar-refractivity contribution in [2.45, 2.75) is 19.8 Å². The van der Waals surface area contributed by atoms with Crippen LogP contribution < -0.4 is 0 Å². The third kappa shape index (κ3) is 28.7. The fourth-order valence-corrected chi connectivity index (χ4v) is 0.214. The van der Waals surface area contributed by atoms with E-state index in [1.165, 1.54) is 0 Å². The summed E-state index contributed by atoms with van der Waals surface area (Å²) in [4.78, 5) is 9.60. The summed E-state index contributed by atoms with van der Waals surface area (Å²) in [6, 6.07) is 0. The van der Waals surface area contributed by atoms with Crippen molar-refractivity contribution in [2.24, 2.45) is 0 Å². The molecule has 0 bridgehead atoms. The second kappa shape index (κ2) is 15.9. The summed E-state index contributed by atoms with van der Waals surface area (Å²) < 4.78 is 0. The zero-order valence-corrected chi connectivity index (χ0v) is 4.77. The molecule has 0 aliphatic heterocycles. The Morgan fingerprint density at radius 3 is 1.78 bits per heavy atom. The Labute approximate surface area is 83.9 Å². The zero-order chi connectivity index (χ0) is 4.99. The van der Waals surface area contributed by atoms with E-state index >= 15 is 0 Å². The molecule has 0 aromatic rings. The summed E-state index contributed by atoms with van der Waals surface area (Å²) >= 11 is 0. The van der Waals surface area contributed by atoms with E-state index in [9.17, 15) is 4.79 Å². The van der Waals surface area contributed by atoms with Crippen molar-refractivity contribution in [1.29, 1.82) is 0 Å². The van der Waals surface area contributed by atoms with Gasteiger partial charge in [0, 0.05) is 6.42 Å². The van der Waals surface area contributed by atoms with Gasteiger partial charge < -0.3 is 16.1 Å². The van der Waals surface area contributed by atoms with E-state index in [-0.39, 0.29) is 48.7 Å². The first-order valence-corrected chi connectivity index (χ1v) is 1.99. The summed E-state index contributed by atoms with van der Waals surface area (Å²) in [7, 11) is 0. The summed E-state index contributed by atoms with van der Waals surface area (Å²) in [5, 5.41) is 7.91. The molecule has 0 spiro atoms. The molecule has 0 rings (SSSR count). The van der Waals surface area contributed by atoms with Crippen molar-refractivity contribution in [3.05, 3.63) is 0 Å². The molecule has 0 fully saturated rings. The molecule has 5 heteroatoms. The minimum absolute atomic E-state index is 0. The Balaban J connectivity index is -0.0000000417. The Kier molecular flexibility index (Phi) is 39.9. The van der Waals surface area contributed by atoms with Gasteiger partial charge in [-0.05, 0) is 6.42 Å². The molecule has 0 aliphatic carbocycles. The average molecular weight is 166 g/mol. The molecule has 0 saturated carbocycles. The molecule has 0 aromatic heterocycles. The van der Waals surface area contributed by atoms with Crippen LogP contribution in [0.15, 0.2) is 0 Å². The molecule has 0 amide bonds. The van der Waals surface area contributed by atoms with Crippen molar-refractivity contribution in [1.82, 2.24) is 0 Å². The Morgan fingerprint density at radius 2 is 1.78 bits per heavy atom. The number of hydrogen-bond acceptors (Lipinski definition) is 1. The fourth-order valence-electron chi connectivity index (χ4n) is 0.214. The van der Waals surface area contributed by atoms with E-state index in [2.05, 4.69) is 0 Å². The number of aliphatic carboxylic acids is 1. The molecule has 0 aromatic carbocycles. The predicted octanol–water partition coefficient (Wildman–Crippen LogP) is -1.69. The Hall–Kier alpha value is 0.650. The molecular formula is C4H14CaO4. The molecule has 0 atom stereocenters. The molecule has 56 valence electrons. The van der Waals surface area contributed by atoms with E-state index in [1.54, 1.807) is 0 Å². The summed E-state index contributed by atoms with van der Waals surface area (Å²) in [6.45, 7) is 1.84. The van der Waals surface area contributed by atoms with Crippen LogP contribution in [0.1, 0.15) is 19.8 Å². The van der Waals surface area contributed by atoms with Crippen LogP contribution in [0, 0.1) is 0 Å². The van der Waals surface area contributed by atoms with Crippen LogP contribution in [-0.2, 0) is 4.79 Å². The normalized spacial score (nSPS) is 5.44. The molecular weight excluding hydrogens is 152 g/mol. The van der Waals surface area contributed by atoms with E-state index in [0.29, 0.717) is 6.42 Å². The third-order valence-corrected chi connectivity index (χ3v) is 0.464. The van der Waals surface area contributed by atoms with Crippen molar-refractivity contribution < 1.29 is 20.9 Å². The maximum absolute atomic E-state index is 9.60. The zero-order valence-electron chi connectivity index (χ0n) is 4.77. The van der Waals surface area contributed by atoms with Crippen molar-refractivity contribution in [2.75, 3.05) is 0 Å². The summed E-state index contributed by atoms with van der Waals surface area (Å²) in [5.74, 6) is -0.711. The first-order chi connectivity index (χ1) is 2.77. The van der Waals surface area contributed by atoms with Crippen LogP contribution in [-0.4, -0.2) is 59.8 Å². The van der Waals surface area contributed by atoms with E-state index in [4.69, 9.17) is 5.11 Å². The number of carboxylic acid groups (broad SMARTS) is 1. The number of rotatable bonds is 2. The van der Waals surface area contributed by atoms with Crippen LogP contribution in [0.25, 0.3) is 0 Å². The van der Waals surface area contributed by atoms with Gasteiger partial charge in [0.15, 0.2) is 0 Å². The second-order valence-electron chi connectivity index (χ2n) is 1.14. The van der Waals surface area contributed by atoms with Crippen molar-refractivity contribution in [3.8, 4) is 0 Å². The van der Waals surface area contributed by atoms with Gasteiger partial charge in [-0.1, -0.05) is 6.92 Å². The molecule has 4 nitrogen and oxygen atoms in total.